The first-order valence-electron chi connectivity index (χ1n) is 8.29. The number of nitrogens with zero attached hydrogens (tertiary/aromatic N) is 1. The highest BCUT2D eigenvalue weighted by atomic mass is 16.5. The first kappa shape index (κ1) is 15.3. The van der Waals surface area contributed by atoms with Crippen LogP contribution < -0.4 is 5.32 Å². The van der Waals surface area contributed by atoms with E-state index in [1.165, 1.54) is 51.6 Å². The minimum Gasteiger partial charge on any atom is -0.381 e. The molecule has 1 heterocycles. The lowest BCUT2D eigenvalue weighted by Crippen LogP contribution is -2.36. The van der Waals surface area contributed by atoms with E-state index in [-0.39, 0.29) is 0 Å². The van der Waals surface area contributed by atoms with Gasteiger partial charge in [0.15, 0.2) is 0 Å². The molecule has 1 aliphatic carbocycles. The third-order valence-corrected chi connectivity index (χ3v) is 4.83. The summed E-state index contributed by atoms with van der Waals surface area (Å²) in [4.78, 5) is 2.53. The van der Waals surface area contributed by atoms with Crippen LogP contribution in [0.2, 0.25) is 0 Å². The molecule has 0 aromatic rings. The van der Waals surface area contributed by atoms with Gasteiger partial charge in [0.25, 0.3) is 0 Å². The zero-order valence-corrected chi connectivity index (χ0v) is 12.9. The average molecular weight is 268 g/mol. The third kappa shape index (κ3) is 5.05. The smallest absolute Gasteiger partial charge is 0.0506 e. The van der Waals surface area contributed by atoms with Crippen molar-refractivity contribution in [1.82, 2.24) is 10.2 Å². The molecule has 0 aromatic carbocycles. The number of ether oxygens (including phenoxy) is 1. The van der Waals surface area contributed by atoms with Gasteiger partial charge in [-0.05, 0) is 64.1 Å². The molecule has 0 radical (unpaired) electrons. The lowest BCUT2D eigenvalue weighted by molar-refractivity contribution is 0.0413. The van der Waals surface area contributed by atoms with Gasteiger partial charge in [0.1, 0.15) is 0 Å². The molecule has 1 saturated heterocycles. The summed E-state index contributed by atoms with van der Waals surface area (Å²) in [5.74, 6) is 1.68. The highest BCUT2D eigenvalue weighted by Gasteiger charge is 2.26. The monoisotopic (exact) mass is 268 g/mol. The number of rotatable bonds is 7. The molecule has 0 amide bonds. The Balaban J connectivity index is 1.63. The van der Waals surface area contributed by atoms with Gasteiger partial charge in [-0.15, -0.1) is 0 Å². The molecule has 1 aliphatic heterocycles. The summed E-state index contributed by atoms with van der Waals surface area (Å²) in [5.41, 5.74) is 0. The molecule has 1 saturated carbocycles. The summed E-state index contributed by atoms with van der Waals surface area (Å²) in [6, 6.07) is 0.788. The molecule has 1 N–H and O–H groups in total. The van der Waals surface area contributed by atoms with Crippen molar-refractivity contribution in [2.75, 3.05) is 39.9 Å². The fraction of sp³-hybridized carbons (Fsp3) is 1.00. The van der Waals surface area contributed by atoms with Crippen LogP contribution in [-0.2, 0) is 4.74 Å². The fourth-order valence-corrected chi connectivity index (χ4v) is 3.78. The Bertz CT molecular complexity index is 241. The van der Waals surface area contributed by atoms with Gasteiger partial charge in [-0.1, -0.05) is 13.3 Å². The quantitative estimate of drug-likeness (QED) is 0.768. The van der Waals surface area contributed by atoms with E-state index in [0.29, 0.717) is 0 Å². The van der Waals surface area contributed by atoms with Gasteiger partial charge in [0, 0.05) is 19.2 Å². The second kappa shape index (κ2) is 8.23. The predicted octanol–water partition coefficient (Wildman–Crippen LogP) is 2.51. The third-order valence-electron chi connectivity index (χ3n) is 4.83. The van der Waals surface area contributed by atoms with E-state index in [2.05, 4.69) is 24.2 Å². The van der Waals surface area contributed by atoms with E-state index >= 15 is 0 Å². The minimum atomic E-state index is 0.770. The van der Waals surface area contributed by atoms with Crippen LogP contribution in [-0.4, -0.2) is 50.8 Å². The molecule has 19 heavy (non-hydrogen) atoms. The molecule has 2 aliphatic rings. The van der Waals surface area contributed by atoms with Crippen LogP contribution in [0.15, 0.2) is 0 Å². The summed E-state index contributed by atoms with van der Waals surface area (Å²) in [6.07, 6.45) is 8.21. The van der Waals surface area contributed by atoms with Gasteiger partial charge in [-0.2, -0.15) is 0 Å². The van der Waals surface area contributed by atoms with Gasteiger partial charge in [-0.25, -0.2) is 0 Å². The molecule has 3 nitrogen and oxygen atoms in total. The number of hydrogen-bond acceptors (Lipinski definition) is 3. The maximum Gasteiger partial charge on any atom is 0.0506 e. The Hall–Kier alpha value is -0.120. The van der Waals surface area contributed by atoms with E-state index < -0.39 is 0 Å². The van der Waals surface area contributed by atoms with Crippen molar-refractivity contribution >= 4 is 0 Å². The number of hydrogen-bond donors (Lipinski definition) is 1. The van der Waals surface area contributed by atoms with Crippen molar-refractivity contribution in [2.45, 2.75) is 51.5 Å². The highest BCUT2D eigenvalue weighted by molar-refractivity contribution is 4.83. The topological polar surface area (TPSA) is 24.5 Å². The van der Waals surface area contributed by atoms with Crippen LogP contribution in [0.25, 0.3) is 0 Å². The second-order valence-corrected chi connectivity index (χ2v) is 6.49. The maximum atomic E-state index is 5.57. The molecule has 2 rings (SSSR count). The Kier molecular flexibility index (Phi) is 6.62. The Morgan fingerprint density at radius 2 is 2.11 bits per heavy atom. The molecule has 0 aromatic heterocycles. The van der Waals surface area contributed by atoms with E-state index in [9.17, 15) is 0 Å². The Morgan fingerprint density at radius 1 is 1.21 bits per heavy atom. The zero-order valence-electron chi connectivity index (χ0n) is 12.9. The fourth-order valence-electron chi connectivity index (χ4n) is 3.78. The summed E-state index contributed by atoms with van der Waals surface area (Å²) in [5, 5.41) is 3.66. The summed E-state index contributed by atoms with van der Waals surface area (Å²) >= 11 is 0. The first-order valence-corrected chi connectivity index (χ1v) is 8.29. The second-order valence-electron chi connectivity index (χ2n) is 6.49. The maximum absolute atomic E-state index is 5.57. The van der Waals surface area contributed by atoms with Crippen LogP contribution in [0.5, 0.6) is 0 Å². The summed E-state index contributed by atoms with van der Waals surface area (Å²) in [6.45, 7) is 7.78. The van der Waals surface area contributed by atoms with E-state index in [4.69, 9.17) is 4.74 Å². The highest BCUT2D eigenvalue weighted by Crippen LogP contribution is 2.28. The van der Waals surface area contributed by atoms with E-state index in [1.54, 1.807) is 0 Å². The molecule has 112 valence electrons. The largest absolute Gasteiger partial charge is 0.381 e. The van der Waals surface area contributed by atoms with Gasteiger partial charge >= 0.3 is 0 Å². The van der Waals surface area contributed by atoms with Crippen molar-refractivity contribution in [2.24, 2.45) is 11.8 Å². The van der Waals surface area contributed by atoms with Gasteiger partial charge in [0.2, 0.25) is 0 Å². The van der Waals surface area contributed by atoms with E-state index in [1.807, 2.05) is 0 Å². The SMILES string of the molecule is CCNC1CCCC1CCN(C)CC1CCCOC1. The zero-order chi connectivity index (χ0) is 13.5. The minimum absolute atomic E-state index is 0.770. The Morgan fingerprint density at radius 3 is 2.84 bits per heavy atom. The van der Waals surface area contributed by atoms with Crippen molar-refractivity contribution in [3.8, 4) is 0 Å². The summed E-state index contributed by atoms with van der Waals surface area (Å²) in [7, 11) is 2.28. The lowest BCUT2D eigenvalue weighted by Gasteiger charge is -2.28. The average Bonchev–Trinajstić information content (AvgIpc) is 2.85. The molecule has 0 bridgehead atoms. The van der Waals surface area contributed by atoms with Gasteiger partial charge < -0.3 is 15.0 Å². The molecular formula is C16H32N2O. The van der Waals surface area contributed by atoms with Crippen LogP contribution in [0.3, 0.4) is 0 Å². The van der Waals surface area contributed by atoms with Crippen LogP contribution in [0, 0.1) is 11.8 Å². The van der Waals surface area contributed by atoms with Gasteiger partial charge in [0.05, 0.1) is 6.61 Å². The standard InChI is InChI=1S/C16H32N2O/c1-3-17-16-8-4-7-15(16)9-10-18(2)12-14-6-5-11-19-13-14/h14-17H,3-13H2,1-2H3. The van der Waals surface area contributed by atoms with Crippen molar-refractivity contribution in [3.63, 3.8) is 0 Å². The van der Waals surface area contributed by atoms with Crippen LogP contribution >= 0.6 is 0 Å². The molecule has 3 unspecified atom stereocenters. The molecule has 0 spiro atoms. The number of nitrogens with one attached hydrogen (secondary N) is 1. The molecule has 3 atom stereocenters. The summed E-state index contributed by atoms with van der Waals surface area (Å²) < 4.78 is 5.57. The first-order chi connectivity index (χ1) is 9.29. The molecule has 3 heteroatoms. The van der Waals surface area contributed by atoms with Crippen molar-refractivity contribution in [3.05, 3.63) is 0 Å². The van der Waals surface area contributed by atoms with Crippen molar-refractivity contribution in [1.29, 1.82) is 0 Å². The van der Waals surface area contributed by atoms with Crippen LogP contribution in [0.4, 0.5) is 0 Å². The molecule has 2 fully saturated rings. The van der Waals surface area contributed by atoms with E-state index in [0.717, 1.165) is 37.6 Å². The van der Waals surface area contributed by atoms with Crippen LogP contribution in [0.1, 0.15) is 45.4 Å². The lowest BCUT2D eigenvalue weighted by atomic mass is 9.98. The van der Waals surface area contributed by atoms with Crippen molar-refractivity contribution < 1.29 is 4.74 Å². The van der Waals surface area contributed by atoms with Gasteiger partial charge in [-0.3, -0.25) is 0 Å². The normalized spacial score (nSPS) is 32.1. The predicted molar refractivity (Wildman–Crippen MR) is 80.5 cm³/mol. The molecular weight excluding hydrogens is 236 g/mol. The Labute approximate surface area is 119 Å².